The molecule has 0 unspecified atom stereocenters. The summed E-state index contributed by atoms with van der Waals surface area (Å²) in [5.74, 6) is 0.379. The standard InChI is InChI=1S/C26H23N3O4/c30-25-23(28-24(33-25)22-12-6-8-18-7-4-5-11-21(18)22)17-29-15-13-19(14-16-29)27-26(31)32-20-9-2-1-3-10-20/h1-12,17,19H,13-16H2,(H,27,31)/b23-17+. The molecule has 0 spiro atoms. The lowest BCUT2D eigenvalue weighted by molar-refractivity contribution is -0.130. The number of hydrogen-bond acceptors (Lipinski definition) is 6. The maximum atomic E-state index is 12.4. The Balaban J connectivity index is 1.21. The molecule has 5 rings (SSSR count). The lowest BCUT2D eigenvalue weighted by atomic mass is 10.0. The van der Waals surface area contributed by atoms with Gasteiger partial charge in [0, 0.05) is 30.9 Å². The van der Waals surface area contributed by atoms with E-state index in [1.54, 1.807) is 18.3 Å². The van der Waals surface area contributed by atoms with Crippen molar-refractivity contribution in [3.63, 3.8) is 0 Å². The van der Waals surface area contributed by atoms with Crippen molar-refractivity contribution in [2.24, 2.45) is 4.99 Å². The highest BCUT2D eigenvalue weighted by Gasteiger charge is 2.27. The van der Waals surface area contributed by atoms with Gasteiger partial charge in [-0.2, -0.15) is 0 Å². The third-order valence-corrected chi connectivity index (χ3v) is 5.75. The zero-order valence-corrected chi connectivity index (χ0v) is 17.9. The van der Waals surface area contributed by atoms with E-state index in [1.165, 1.54) is 0 Å². The van der Waals surface area contributed by atoms with Crippen molar-refractivity contribution in [3.05, 3.63) is 90.3 Å². The van der Waals surface area contributed by atoms with Gasteiger partial charge in [-0.05, 0) is 41.8 Å². The molecule has 3 aromatic rings. The average Bonchev–Trinajstić information content (AvgIpc) is 3.20. The number of rotatable bonds is 4. The monoisotopic (exact) mass is 441 g/mol. The summed E-state index contributed by atoms with van der Waals surface area (Å²) in [5, 5.41) is 4.96. The molecule has 7 heteroatoms. The van der Waals surface area contributed by atoms with Gasteiger partial charge in [0.15, 0.2) is 5.70 Å². The van der Waals surface area contributed by atoms with Crippen LogP contribution in [0, 0.1) is 0 Å². The number of benzene rings is 3. The van der Waals surface area contributed by atoms with Gasteiger partial charge in [0.2, 0.25) is 5.90 Å². The molecule has 0 bridgehead atoms. The largest absolute Gasteiger partial charge is 0.412 e. The van der Waals surface area contributed by atoms with Crippen molar-refractivity contribution >= 4 is 28.7 Å². The van der Waals surface area contributed by atoms with E-state index in [-0.39, 0.29) is 11.7 Å². The van der Waals surface area contributed by atoms with Gasteiger partial charge in [-0.3, -0.25) is 0 Å². The topological polar surface area (TPSA) is 80.2 Å². The Morgan fingerprint density at radius 3 is 2.55 bits per heavy atom. The summed E-state index contributed by atoms with van der Waals surface area (Å²) in [4.78, 5) is 31.1. The number of fused-ring (bicyclic) bond motifs is 1. The van der Waals surface area contributed by atoms with E-state index in [9.17, 15) is 9.59 Å². The minimum absolute atomic E-state index is 0.0149. The molecule has 33 heavy (non-hydrogen) atoms. The fourth-order valence-electron chi connectivity index (χ4n) is 4.06. The van der Waals surface area contributed by atoms with Crippen LogP contribution >= 0.6 is 0 Å². The summed E-state index contributed by atoms with van der Waals surface area (Å²) in [6, 6.07) is 22.8. The second-order valence-corrected chi connectivity index (χ2v) is 8.00. The fourth-order valence-corrected chi connectivity index (χ4v) is 4.06. The molecule has 0 atom stereocenters. The Morgan fingerprint density at radius 2 is 1.73 bits per heavy atom. The van der Waals surface area contributed by atoms with Crippen molar-refractivity contribution in [2.45, 2.75) is 18.9 Å². The number of para-hydroxylation sites is 1. The first-order valence-corrected chi connectivity index (χ1v) is 10.9. The number of nitrogens with one attached hydrogen (secondary N) is 1. The van der Waals surface area contributed by atoms with E-state index >= 15 is 0 Å². The van der Waals surface area contributed by atoms with Crippen LogP contribution in [0.3, 0.4) is 0 Å². The van der Waals surface area contributed by atoms with Crippen LogP contribution in [0.1, 0.15) is 18.4 Å². The average molecular weight is 441 g/mol. The molecule has 7 nitrogen and oxygen atoms in total. The summed E-state index contributed by atoms with van der Waals surface area (Å²) < 4.78 is 10.8. The Morgan fingerprint density at radius 1 is 1.00 bits per heavy atom. The van der Waals surface area contributed by atoms with E-state index in [1.807, 2.05) is 65.6 Å². The van der Waals surface area contributed by atoms with Gasteiger partial charge in [0.05, 0.1) is 0 Å². The number of nitrogens with zero attached hydrogens (tertiary/aromatic N) is 2. The van der Waals surface area contributed by atoms with Crippen molar-refractivity contribution < 1.29 is 19.1 Å². The van der Waals surface area contributed by atoms with Gasteiger partial charge >= 0.3 is 12.1 Å². The Hall–Kier alpha value is -4.13. The minimum atomic E-state index is -0.457. The summed E-state index contributed by atoms with van der Waals surface area (Å²) in [6.07, 6.45) is 2.77. The van der Waals surface area contributed by atoms with Crippen molar-refractivity contribution in [1.29, 1.82) is 0 Å². The van der Waals surface area contributed by atoms with E-state index in [0.717, 1.165) is 29.2 Å². The number of ether oxygens (including phenoxy) is 2. The van der Waals surface area contributed by atoms with Crippen LogP contribution in [0.2, 0.25) is 0 Å². The smallest absolute Gasteiger partial charge is 0.410 e. The van der Waals surface area contributed by atoms with Gasteiger partial charge in [0.1, 0.15) is 5.75 Å². The zero-order valence-electron chi connectivity index (χ0n) is 17.9. The van der Waals surface area contributed by atoms with Gasteiger partial charge < -0.3 is 19.7 Å². The van der Waals surface area contributed by atoms with Crippen LogP contribution in [0.4, 0.5) is 4.79 Å². The van der Waals surface area contributed by atoms with Gasteiger partial charge in [0.25, 0.3) is 0 Å². The summed E-state index contributed by atoms with van der Waals surface area (Å²) >= 11 is 0. The molecule has 1 amide bonds. The van der Waals surface area contributed by atoms with E-state index in [2.05, 4.69) is 10.3 Å². The van der Waals surface area contributed by atoms with Crippen molar-refractivity contribution in [2.75, 3.05) is 13.1 Å². The van der Waals surface area contributed by atoms with E-state index < -0.39 is 12.1 Å². The number of carbonyl (C=O) groups is 2. The number of aliphatic imine (C=N–C) groups is 1. The molecule has 0 radical (unpaired) electrons. The second kappa shape index (κ2) is 9.16. The molecule has 3 aromatic carbocycles. The highest BCUT2D eigenvalue weighted by Crippen LogP contribution is 2.24. The summed E-state index contributed by atoms with van der Waals surface area (Å²) in [6.45, 7) is 1.37. The number of likely N-dealkylation sites (tertiary alicyclic amines) is 1. The molecule has 1 N–H and O–H groups in total. The van der Waals surface area contributed by atoms with Gasteiger partial charge in [-0.25, -0.2) is 14.6 Å². The minimum Gasteiger partial charge on any atom is -0.410 e. The van der Waals surface area contributed by atoms with Crippen molar-refractivity contribution in [3.8, 4) is 5.75 Å². The molecule has 2 aliphatic heterocycles. The van der Waals surface area contributed by atoms with Crippen LogP contribution in [-0.4, -0.2) is 42.0 Å². The first-order valence-electron chi connectivity index (χ1n) is 10.9. The predicted molar refractivity (Wildman–Crippen MR) is 125 cm³/mol. The number of hydrogen-bond donors (Lipinski definition) is 1. The Labute approximate surface area is 191 Å². The van der Waals surface area contributed by atoms with Crippen LogP contribution < -0.4 is 10.1 Å². The fraction of sp³-hybridized carbons (Fsp3) is 0.192. The molecule has 2 aliphatic rings. The normalized spacial score (nSPS) is 17.7. The first-order chi connectivity index (χ1) is 16.2. The molecular formula is C26H23N3O4. The molecule has 1 saturated heterocycles. The number of carbonyl (C=O) groups excluding carboxylic acids is 2. The van der Waals surface area contributed by atoms with Crippen LogP contribution in [0.25, 0.3) is 10.8 Å². The van der Waals surface area contributed by atoms with Crippen LogP contribution in [0.5, 0.6) is 5.75 Å². The lowest BCUT2D eigenvalue weighted by Gasteiger charge is -2.31. The van der Waals surface area contributed by atoms with E-state index in [4.69, 9.17) is 9.47 Å². The first kappa shape index (κ1) is 20.8. The van der Waals surface area contributed by atoms with Gasteiger partial charge in [-0.1, -0.05) is 54.6 Å². The predicted octanol–water partition coefficient (Wildman–Crippen LogP) is 4.24. The third kappa shape index (κ3) is 4.72. The maximum Gasteiger partial charge on any atom is 0.412 e. The number of cyclic esters (lactones) is 1. The Kier molecular flexibility index (Phi) is 5.76. The Bertz CT molecular complexity index is 1240. The molecule has 0 saturated carbocycles. The highest BCUT2D eigenvalue weighted by molar-refractivity contribution is 6.16. The number of esters is 1. The summed E-state index contributed by atoms with van der Waals surface area (Å²) in [5.41, 5.74) is 1.08. The number of piperidine rings is 1. The molecule has 166 valence electrons. The molecule has 1 fully saturated rings. The molecule has 0 aromatic heterocycles. The van der Waals surface area contributed by atoms with Crippen LogP contribution in [0.15, 0.2) is 89.7 Å². The number of amides is 1. The third-order valence-electron chi connectivity index (χ3n) is 5.75. The van der Waals surface area contributed by atoms with E-state index in [0.29, 0.717) is 24.7 Å². The summed E-state index contributed by atoms with van der Waals surface area (Å²) in [7, 11) is 0. The van der Waals surface area contributed by atoms with Gasteiger partial charge in [-0.15, -0.1) is 0 Å². The second-order valence-electron chi connectivity index (χ2n) is 8.00. The molecule has 2 heterocycles. The van der Waals surface area contributed by atoms with Crippen LogP contribution in [-0.2, 0) is 9.53 Å². The zero-order chi connectivity index (χ0) is 22.6. The SMILES string of the molecule is O=C(NC1CCN(/C=C2/N=C(c3cccc4ccccc34)OC2=O)CC1)Oc1ccccc1. The molecular weight excluding hydrogens is 418 g/mol. The lowest BCUT2D eigenvalue weighted by Crippen LogP contribution is -2.44. The molecule has 0 aliphatic carbocycles. The highest BCUT2D eigenvalue weighted by atomic mass is 16.6. The van der Waals surface area contributed by atoms with Crippen molar-refractivity contribution in [1.82, 2.24) is 10.2 Å². The maximum absolute atomic E-state index is 12.4. The quantitative estimate of drug-likeness (QED) is 0.484.